The Hall–Kier alpha value is -1.91. The molecule has 19 heavy (non-hydrogen) atoms. The maximum atomic E-state index is 12.4. The van der Waals surface area contributed by atoms with Gasteiger partial charge in [0, 0.05) is 18.8 Å². The molecule has 0 aliphatic carbocycles. The van der Waals surface area contributed by atoms with E-state index in [0.29, 0.717) is 18.7 Å². The number of aromatic nitrogens is 4. The second-order valence-corrected chi connectivity index (χ2v) is 4.68. The summed E-state index contributed by atoms with van der Waals surface area (Å²) in [5.41, 5.74) is 3.48. The van der Waals surface area contributed by atoms with Crippen LogP contribution >= 0.6 is 0 Å². The van der Waals surface area contributed by atoms with E-state index in [9.17, 15) is 4.79 Å². The van der Waals surface area contributed by atoms with Gasteiger partial charge < -0.3 is 0 Å². The fraction of sp³-hybridized carbons (Fsp3) is 0.500. The summed E-state index contributed by atoms with van der Waals surface area (Å²) >= 11 is 0. The van der Waals surface area contributed by atoms with Crippen LogP contribution in [-0.4, -0.2) is 25.3 Å². The van der Waals surface area contributed by atoms with Crippen molar-refractivity contribution in [1.29, 1.82) is 0 Å². The quantitative estimate of drug-likeness (QED) is 0.774. The zero-order valence-electron chi connectivity index (χ0n) is 12.0. The van der Waals surface area contributed by atoms with Crippen LogP contribution in [-0.2, 0) is 19.5 Å². The number of Topliss-reactive ketones (excluding diaryl/α,β-unsaturated/α-hetero) is 1. The normalized spacial score (nSPS) is 10.9. The topological polar surface area (TPSA) is 52.7 Å². The summed E-state index contributed by atoms with van der Waals surface area (Å²) in [6.45, 7) is 9.36. The van der Waals surface area contributed by atoms with Gasteiger partial charge in [-0.3, -0.25) is 14.2 Å². The summed E-state index contributed by atoms with van der Waals surface area (Å²) < 4.78 is 3.64. The summed E-state index contributed by atoms with van der Waals surface area (Å²) in [6, 6.07) is 3.83. The molecule has 5 nitrogen and oxygen atoms in total. The van der Waals surface area contributed by atoms with E-state index in [1.165, 1.54) is 0 Å². The minimum absolute atomic E-state index is 0.0945. The summed E-state index contributed by atoms with van der Waals surface area (Å²) in [5, 5.41) is 8.68. The molecule has 0 amide bonds. The molecule has 0 unspecified atom stereocenters. The van der Waals surface area contributed by atoms with Gasteiger partial charge in [-0.05, 0) is 39.8 Å². The highest BCUT2D eigenvalue weighted by Crippen LogP contribution is 2.11. The summed E-state index contributed by atoms with van der Waals surface area (Å²) in [5.74, 6) is 0.0945. The smallest absolute Gasteiger partial charge is 0.186 e. The van der Waals surface area contributed by atoms with Gasteiger partial charge in [-0.2, -0.15) is 10.2 Å². The minimum Gasteiger partial charge on any atom is -0.292 e. The van der Waals surface area contributed by atoms with Gasteiger partial charge in [-0.15, -0.1) is 0 Å². The third kappa shape index (κ3) is 2.75. The number of hydrogen-bond donors (Lipinski definition) is 0. The fourth-order valence-corrected chi connectivity index (χ4v) is 2.28. The largest absolute Gasteiger partial charge is 0.292 e. The van der Waals surface area contributed by atoms with Gasteiger partial charge in [0.25, 0.3) is 0 Å². The lowest BCUT2D eigenvalue weighted by molar-refractivity contribution is 0.0980. The van der Waals surface area contributed by atoms with Crippen molar-refractivity contribution in [1.82, 2.24) is 19.6 Å². The van der Waals surface area contributed by atoms with E-state index in [1.807, 2.05) is 44.5 Å². The van der Waals surface area contributed by atoms with Crippen LogP contribution in [0.5, 0.6) is 0 Å². The SMILES string of the molecule is CCn1nc(C)cc1CC(=O)c1cc(C)nn1CC. The Labute approximate surface area is 113 Å². The van der Waals surface area contributed by atoms with Gasteiger partial charge in [0.05, 0.1) is 17.8 Å². The van der Waals surface area contributed by atoms with Crippen molar-refractivity contribution in [2.24, 2.45) is 0 Å². The van der Waals surface area contributed by atoms with Gasteiger partial charge in [0.1, 0.15) is 5.69 Å². The summed E-state index contributed by atoms with van der Waals surface area (Å²) in [6.07, 6.45) is 0.375. The van der Waals surface area contributed by atoms with E-state index < -0.39 is 0 Å². The monoisotopic (exact) mass is 260 g/mol. The molecule has 0 bridgehead atoms. The van der Waals surface area contributed by atoms with Crippen LogP contribution in [0.1, 0.15) is 41.4 Å². The first-order valence-corrected chi connectivity index (χ1v) is 6.66. The molecule has 102 valence electrons. The van der Waals surface area contributed by atoms with Crippen LogP contribution in [0.3, 0.4) is 0 Å². The number of carbonyl (C=O) groups is 1. The lowest BCUT2D eigenvalue weighted by atomic mass is 10.1. The number of carbonyl (C=O) groups excluding carboxylic acids is 1. The summed E-state index contributed by atoms with van der Waals surface area (Å²) in [4.78, 5) is 12.4. The van der Waals surface area contributed by atoms with Crippen LogP contribution < -0.4 is 0 Å². The molecule has 2 rings (SSSR count). The van der Waals surface area contributed by atoms with E-state index in [2.05, 4.69) is 10.2 Å². The number of hydrogen-bond acceptors (Lipinski definition) is 3. The van der Waals surface area contributed by atoms with Crippen molar-refractivity contribution >= 4 is 5.78 Å². The minimum atomic E-state index is 0.0945. The molecule has 0 N–H and O–H groups in total. The average molecular weight is 260 g/mol. The molecule has 2 heterocycles. The van der Waals surface area contributed by atoms with Crippen molar-refractivity contribution in [3.63, 3.8) is 0 Å². The van der Waals surface area contributed by atoms with Crippen molar-refractivity contribution in [2.45, 2.75) is 47.2 Å². The Morgan fingerprint density at radius 2 is 1.63 bits per heavy atom. The van der Waals surface area contributed by atoms with Crippen LogP contribution in [0.4, 0.5) is 0 Å². The van der Waals surface area contributed by atoms with Gasteiger partial charge in [-0.25, -0.2) is 0 Å². The number of rotatable bonds is 5. The molecule has 0 radical (unpaired) electrons. The van der Waals surface area contributed by atoms with E-state index >= 15 is 0 Å². The van der Waals surface area contributed by atoms with E-state index in [4.69, 9.17) is 0 Å². The maximum Gasteiger partial charge on any atom is 0.186 e. The molecule has 0 aliphatic rings. The van der Waals surface area contributed by atoms with Gasteiger partial charge >= 0.3 is 0 Å². The molecular weight excluding hydrogens is 240 g/mol. The van der Waals surface area contributed by atoms with E-state index in [-0.39, 0.29) is 5.78 Å². The highest BCUT2D eigenvalue weighted by molar-refractivity contribution is 5.95. The van der Waals surface area contributed by atoms with Gasteiger partial charge in [0.15, 0.2) is 5.78 Å². The predicted molar refractivity (Wildman–Crippen MR) is 73.3 cm³/mol. The summed E-state index contributed by atoms with van der Waals surface area (Å²) in [7, 11) is 0. The zero-order chi connectivity index (χ0) is 14.0. The molecule has 0 aromatic carbocycles. The highest BCUT2D eigenvalue weighted by atomic mass is 16.1. The average Bonchev–Trinajstić information content (AvgIpc) is 2.92. The number of aryl methyl sites for hydroxylation is 4. The second-order valence-electron chi connectivity index (χ2n) is 4.68. The fourth-order valence-electron chi connectivity index (χ4n) is 2.28. The maximum absolute atomic E-state index is 12.4. The first kappa shape index (κ1) is 13.5. The molecular formula is C14H20N4O. The molecule has 5 heteroatoms. The molecule has 0 atom stereocenters. The molecule has 0 saturated heterocycles. The first-order valence-electron chi connectivity index (χ1n) is 6.66. The van der Waals surface area contributed by atoms with Crippen LogP contribution in [0, 0.1) is 13.8 Å². The molecule has 0 saturated carbocycles. The standard InChI is InChI=1S/C14H20N4O/c1-5-17-12(7-10(3)15-17)9-14(19)13-8-11(4)16-18(13)6-2/h7-8H,5-6,9H2,1-4H3. The van der Waals surface area contributed by atoms with Crippen molar-refractivity contribution in [2.75, 3.05) is 0 Å². The molecule has 0 spiro atoms. The molecule has 0 fully saturated rings. The number of ketones is 1. The Morgan fingerprint density at radius 1 is 1.05 bits per heavy atom. The Bertz CT molecular complexity index is 595. The van der Waals surface area contributed by atoms with Crippen molar-refractivity contribution < 1.29 is 4.79 Å². The molecule has 2 aromatic heterocycles. The lowest BCUT2D eigenvalue weighted by Gasteiger charge is -2.05. The predicted octanol–water partition coefficient (Wildman–Crippen LogP) is 2.16. The van der Waals surface area contributed by atoms with Gasteiger partial charge in [0.2, 0.25) is 0 Å². The van der Waals surface area contributed by atoms with Crippen LogP contribution in [0.15, 0.2) is 12.1 Å². The van der Waals surface area contributed by atoms with Crippen LogP contribution in [0.25, 0.3) is 0 Å². The third-order valence-corrected chi connectivity index (χ3v) is 3.11. The van der Waals surface area contributed by atoms with Crippen LogP contribution in [0.2, 0.25) is 0 Å². The Balaban J connectivity index is 2.25. The Kier molecular flexibility index (Phi) is 3.83. The second kappa shape index (κ2) is 5.38. The van der Waals surface area contributed by atoms with Gasteiger partial charge in [-0.1, -0.05) is 0 Å². The Morgan fingerprint density at radius 3 is 2.26 bits per heavy atom. The van der Waals surface area contributed by atoms with Crippen molar-refractivity contribution in [3.8, 4) is 0 Å². The number of nitrogens with zero attached hydrogens (tertiary/aromatic N) is 4. The van der Waals surface area contributed by atoms with Crippen molar-refractivity contribution in [3.05, 3.63) is 34.9 Å². The molecule has 0 aliphatic heterocycles. The third-order valence-electron chi connectivity index (χ3n) is 3.11. The zero-order valence-corrected chi connectivity index (χ0v) is 12.0. The highest BCUT2D eigenvalue weighted by Gasteiger charge is 2.16. The van der Waals surface area contributed by atoms with E-state index in [1.54, 1.807) is 4.68 Å². The molecule has 2 aromatic rings. The van der Waals surface area contributed by atoms with E-state index in [0.717, 1.165) is 23.6 Å². The first-order chi connectivity index (χ1) is 9.05. The lowest BCUT2D eigenvalue weighted by Crippen LogP contribution is -2.14.